The third kappa shape index (κ3) is 4.40. The van der Waals surface area contributed by atoms with Crippen molar-refractivity contribution in [1.82, 2.24) is 4.90 Å². The van der Waals surface area contributed by atoms with Crippen LogP contribution in [0.15, 0.2) is 6.07 Å². The molecule has 1 N–H and O–H groups in total. The van der Waals surface area contributed by atoms with Gasteiger partial charge in [-0.05, 0) is 41.5 Å². The molecule has 0 radical (unpaired) electrons. The third-order valence-electron chi connectivity index (χ3n) is 4.40. The van der Waals surface area contributed by atoms with Gasteiger partial charge in [-0.1, -0.05) is 50.8 Å². The fourth-order valence-corrected chi connectivity index (χ4v) is 3.97. The summed E-state index contributed by atoms with van der Waals surface area (Å²) < 4.78 is 6.32. The van der Waals surface area contributed by atoms with Crippen molar-refractivity contribution >= 4 is 28.3 Å². The molecule has 128 valence electrons. The monoisotopic (exact) mass is 353 g/mol. The SMILES string of the molecule is Cc1c(CSC(=S)N2CCOCC2)cc(C(C)(C)C)c(O)c1C. The van der Waals surface area contributed by atoms with Gasteiger partial charge in [0.15, 0.2) is 0 Å². The highest BCUT2D eigenvalue weighted by atomic mass is 32.2. The van der Waals surface area contributed by atoms with E-state index in [0.29, 0.717) is 5.75 Å². The van der Waals surface area contributed by atoms with Crippen LogP contribution in [0.3, 0.4) is 0 Å². The van der Waals surface area contributed by atoms with Gasteiger partial charge in [-0.15, -0.1) is 0 Å². The molecule has 0 aromatic heterocycles. The van der Waals surface area contributed by atoms with Crippen molar-refractivity contribution in [3.05, 3.63) is 28.3 Å². The number of morpholine rings is 1. The summed E-state index contributed by atoms with van der Waals surface area (Å²) in [7, 11) is 0. The van der Waals surface area contributed by atoms with Crippen molar-refractivity contribution in [3.8, 4) is 5.75 Å². The molecule has 2 rings (SSSR count). The Kier molecular flexibility index (Phi) is 5.98. The maximum atomic E-state index is 10.5. The van der Waals surface area contributed by atoms with E-state index in [4.69, 9.17) is 17.0 Å². The Hall–Kier alpha value is -0.780. The van der Waals surface area contributed by atoms with Gasteiger partial charge in [-0.25, -0.2) is 0 Å². The molecule has 1 aromatic carbocycles. The Morgan fingerprint density at radius 1 is 1.26 bits per heavy atom. The number of phenolic OH excluding ortho intramolecular Hbond substituents is 1. The summed E-state index contributed by atoms with van der Waals surface area (Å²) in [4.78, 5) is 2.22. The minimum atomic E-state index is -0.0767. The lowest BCUT2D eigenvalue weighted by Crippen LogP contribution is -2.38. The van der Waals surface area contributed by atoms with E-state index in [-0.39, 0.29) is 5.41 Å². The molecule has 1 aromatic rings. The van der Waals surface area contributed by atoms with E-state index < -0.39 is 0 Å². The van der Waals surface area contributed by atoms with Gasteiger partial charge in [0.2, 0.25) is 0 Å². The van der Waals surface area contributed by atoms with Crippen molar-refractivity contribution in [2.24, 2.45) is 0 Å². The largest absolute Gasteiger partial charge is 0.507 e. The van der Waals surface area contributed by atoms with Crippen LogP contribution in [-0.4, -0.2) is 40.6 Å². The molecule has 3 nitrogen and oxygen atoms in total. The van der Waals surface area contributed by atoms with E-state index in [0.717, 1.165) is 53.1 Å². The zero-order chi connectivity index (χ0) is 17.2. The lowest BCUT2D eigenvalue weighted by atomic mass is 9.83. The first-order chi connectivity index (χ1) is 10.7. The van der Waals surface area contributed by atoms with Gasteiger partial charge in [0, 0.05) is 18.8 Å². The highest BCUT2D eigenvalue weighted by molar-refractivity contribution is 8.22. The standard InChI is InChI=1S/C18H27NO2S2/c1-12-13(2)16(20)15(18(3,4)5)10-14(12)11-23-17(22)19-6-8-21-9-7-19/h10,20H,6-9,11H2,1-5H3. The molecule has 1 heterocycles. The first kappa shape index (κ1) is 18.6. The molecule has 0 saturated carbocycles. The Morgan fingerprint density at radius 3 is 2.43 bits per heavy atom. The summed E-state index contributed by atoms with van der Waals surface area (Å²) in [5.41, 5.74) is 4.32. The predicted molar refractivity (Wildman–Crippen MR) is 103 cm³/mol. The van der Waals surface area contributed by atoms with Crippen molar-refractivity contribution in [2.45, 2.75) is 45.8 Å². The van der Waals surface area contributed by atoms with Gasteiger partial charge in [0.05, 0.1) is 13.2 Å². The third-order valence-corrected chi connectivity index (χ3v) is 5.97. The van der Waals surface area contributed by atoms with E-state index in [9.17, 15) is 5.11 Å². The van der Waals surface area contributed by atoms with Crippen LogP contribution in [0.25, 0.3) is 0 Å². The first-order valence-corrected chi connectivity index (χ1v) is 9.43. The first-order valence-electron chi connectivity index (χ1n) is 8.03. The normalized spacial score (nSPS) is 15.8. The van der Waals surface area contributed by atoms with Gasteiger partial charge in [-0.2, -0.15) is 0 Å². The van der Waals surface area contributed by atoms with Crippen molar-refractivity contribution < 1.29 is 9.84 Å². The molecule has 5 heteroatoms. The highest BCUT2D eigenvalue weighted by Crippen LogP contribution is 2.37. The molecule has 0 atom stereocenters. The minimum absolute atomic E-state index is 0.0767. The number of thiocarbonyl (C=S) groups is 1. The number of ether oxygens (including phenoxy) is 1. The molecular formula is C18H27NO2S2. The van der Waals surface area contributed by atoms with Gasteiger partial charge in [0.25, 0.3) is 0 Å². The van der Waals surface area contributed by atoms with Gasteiger partial charge >= 0.3 is 0 Å². The maximum Gasteiger partial charge on any atom is 0.136 e. The van der Waals surface area contributed by atoms with Gasteiger partial charge < -0.3 is 14.7 Å². The predicted octanol–water partition coefficient (Wildman–Crippen LogP) is 4.16. The van der Waals surface area contributed by atoms with Crippen LogP contribution in [-0.2, 0) is 15.9 Å². The van der Waals surface area contributed by atoms with Crippen LogP contribution in [0.4, 0.5) is 0 Å². The number of aromatic hydroxyl groups is 1. The van der Waals surface area contributed by atoms with E-state index in [1.807, 2.05) is 6.92 Å². The van der Waals surface area contributed by atoms with Crippen molar-refractivity contribution in [3.63, 3.8) is 0 Å². The van der Waals surface area contributed by atoms with Crippen LogP contribution in [0.5, 0.6) is 5.75 Å². The van der Waals surface area contributed by atoms with Crippen LogP contribution < -0.4 is 0 Å². The average molecular weight is 354 g/mol. The second kappa shape index (κ2) is 7.41. The van der Waals surface area contributed by atoms with Crippen LogP contribution in [0, 0.1) is 13.8 Å². The Bertz CT molecular complexity index is 588. The number of rotatable bonds is 2. The van der Waals surface area contributed by atoms with Gasteiger partial charge in [0.1, 0.15) is 10.1 Å². The molecule has 0 bridgehead atoms. The lowest BCUT2D eigenvalue weighted by molar-refractivity contribution is 0.0702. The quantitative estimate of drug-likeness (QED) is 0.807. The fourth-order valence-electron chi connectivity index (χ4n) is 2.67. The molecule has 0 spiro atoms. The average Bonchev–Trinajstić information content (AvgIpc) is 2.51. The number of benzene rings is 1. The van der Waals surface area contributed by atoms with E-state index in [1.54, 1.807) is 11.8 Å². The van der Waals surface area contributed by atoms with E-state index in [2.05, 4.69) is 38.7 Å². The van der Waals surface area contributed by atoms with E-state index in [1.165, 1.54) is 5.56 Å². The van der Waals surface area contributed by atoms with Gasteiger partial charge in [-0.3, -0.25) is 0 Å². The summed E-state index contributed by atoms with van der Waals surface area (Å²) >= 11 is 7.27. The number of phenols is 1. The van der Waals surface area contributed by atoms with Crippen molar-refractivity contribution in [2.75, 3.05) is 26.3 Å². The molecular weight excluding hydrogens is 326 g/mol. The second-order valence-electron chi connectivity index (χ2n) is 7.09. The molecule has 0 unspecified atom stereocenters. The molecule has 23 heavy (non-hydrogen) atoms. The summed E-state index contributed by atoms with van der Waals surface area (Å²) in [6, 6.07) is 2.15. The summed E-state index contributed by atoms with van der Waals surface area (Å²) in [6.07, 6.45) is 0. The maximum absolute atomic E-state index is 10.5. The van der Waals surface area contributed by atoms with Crippen LogP contribution in [0.2, 0.25) is 0 Å². The molecule has 1 aliphatic rings. The second-order valence-corrected chi connectivity index (χ2v) is 8.70. The fraction of sp³-hybridized carbons (Fsp3) is 0.611. The molecule has 1 saturated heterocycles. The number of nitrogens with zero attached hydrogens (tertiary/aromatic N) is 1. The summed E-state index contributed by atoms with van der Waals surface area (Å²) in [5, 5.41) is 10.5. The summed E-state index contributed by atoms with van der Waals surface area (Å²) in [5.74, 6) is 1.27. The lowest BCUT2D eigenvalue weighted by Gasteiger charge is -2.29. The number of thioether (sulfide) groups is 1. The zero-order valence-corrected chi connectivity index (χ0v) is 16.4. The highest BCUT2D eigenvalue weighted by Gasteiger charge is 2.22. The Balaban J connectivity index is 2.16. The molecule has 0 amide bonds. The Morgan fingerprint density at radius 2 is 1.87 bits per heavy atom. The zero-order valence-electron chi connectivity index (χ0n) is 14.7. The molecule has 0 aliphatic carbocycles. The topological polar surface area (TPSA) is 32.7 Å². The Labute approximate surface area is 149 Å². The van der Waals surface area contributed by atoms with Crippen LogP contribution >= 0.6 is 24.0 Å². The number of hydrogen-bond donors (Lipinski definition) is 1. The van der Waals surface area contributed by atoms with E-state index >= 15 is 0 Å². The molecule has 1 fully saturated rings. The molecule has 1 aliphatic heterocycles. The number of hydrogen-bond acceptors (Lipinski definition) is 4. The van der Waals surface area contributed by atoms with Crippen molar-refractivity contribution in [1.29, 1.82) is 0 Å². The minimum Gasteiger partial charge on any atom is -0.507 e. The summed E-state index contributed by atoms with van der Waals surface area (Å²) in [6.45, 7) is 13.7. The smallest absolute Gasteiger partial charge is 0.136 e. The van der Waals surface area contributed by atoms with Crippen LogP contribution in [0.1, 0.15) is 43.0 Å².